The van der Waals surface area contributed by atoms with Gasteiger partial charge in [0.05, 0.1) is 5.41 Å². The minimum Gasteiger partial charge on any atom is -0.456 e. The molecule has 0 saturated heterocycles. The Balaban J connectivity index is 0.925. The fourth-order valence-electron chi connectivity index (χ4n) is 15.0. The smallest absolute Gasteiger partial charge is 0.136 e. The highest BCUT2D eigenvalue weighted by molar-refractivity contribution is 6.06. The Bertz CT molecular complexity index is 3860. The molecule has 0 N–H and O–H groups in total. The molecular formula is C71H55NO. The van der Waals surface area contributed by atoms with Crippen LogP contribution in [0, 0.1) is 17.8 Å². The third-order valence-corrected chi connectivity index (χ3v) is 17.9. The number of hydrogen-bond acceptors (Lipinski definition) is 2. The fraction of sp³-hybridized carbons (Fsp3) is 0.155. The van der Waals surface area contributed by atoms with Gasteiger partial charge in [0, 0.05) is 33.2 Å². The minimum absolute atomic E-state index is 0.106. The molecular weight excluding hydrogens is 883 g/mol. The van der Waals surface area contributed by atoms with Gasteiger partial charge in [0.2, 0.25) is 0 Å². The van der Waals surface area contributed by atoms with Crippen LogP contribution in [0.4, 0.5) is 17.1 Å². The lowest BCUT2D eigenvalue weighted by Gasteiger charge is -2.60. The first-order valence-electron chi connectivity index (χ1n) is 26.6. The van der Waals surface area contributed by atoms with E-state index in [2.05, 4.69) is 242 Å². The minimum atomic E-state index is -0.439. The molecule has 4 atom stereocenters. The van der Waals surface area contributed by atoms with Crippen molar-refractivity contribution in [2.24, 2.45) is 17.8 Å². The molecule has 73 heavy (non-hydrogen) atoms. The highest BCUT2D eigenvalue weighted by atomic mass is 16.3. The first kappa shape index (κ1) is 42.5. The van der Waals surface area contributed by atoms with Crippen LogP contribution in [0.1, 0.15) is 72.4 Å². The van der Waals surface area contributed by atoms with E-state index in [1.807, 2.05) is 6.07 Å². The van der Waals surface area contributed by atoms with Crippen molar-refractivity contribution >= 4 is 39.0 Å². The molecule has 2 heteroatoms. The molecule has 0 aliphatic heterocycles. The summed E-state index contributed by atoms with van der Waals surface area (Å²) in [6.45, 7) is 2.52. The van der Waals surface area contributed by atoms with Crippen molar-refractivity contribution < 1.29 is 4.42 Å². The third kappa shape index (κ3) is 6.23. The number of anilines is 3. The maximum absolute atomic E-state index is 6.37. The predicted octanol–water partition coefficient (Wildman–Crippen LogP) is 18.9. The summed E-state index contributed by atoms with van der Waals surface area (Å²) in [5, 5.41) is 2.30. The first-order valence-corrected chi connectivity index (χ1v) is 26.6. The number of hydrogen-bond donors (Lipinski definition) is 0. The van der Waals surface area contributed by atoms with E-state index in [1.165, 1.54) is 99.0 Å². The molecule has 4 aliphatic carbocycles. The van der Waals surface area contributed by atoms with Gasteiger partial charge in [-0.1, -0.05) is 195 Å². The van der Waals surface area contributed by atoms with Crippen LogP contribution in [-0.4, -0.2) is 0 Å². The van der Waals surface area contributed by atoms with Gasteiger partial charge in [0.15, 0.2) is 0 Å². The lowest BCUT2D eigenvalue weighted by atomic mass is 9.42. The highest BCUT2D eigenvalue weighted by Crippen LogP contribution is 2.69. The van der Waals surface area contributed by atoms with E-state index in [4.69, 9.17) is 4.42 Å². The predicted molar refractivity (Wildman–Crippen MR) is 302 cm³/mol. The number of fused-ring (bicyclic) bond motifs is 12. The highest BCUT2D eigenvalue weighted by Gasteiger charge is 2.62. The van der Waals surface area contributed by atoms with Crippen molar-refractivity contribution in [3.8, 4) is 44.5 Å². The second-order valence-corrected chi connectivity index (χ2v) is 21.6. The van der Waals surface area contributed by atoms with Crippen LogP contribution in [0.15, 0.2) is 241 Å². The summed E-state index contributed by atoms with van der Waals surface area (Å²) in [5.41, 5.74) is 23.5. The van der Waals surface area contributed by atoms with Gasteiger partial charge in [0.25, 0.3) is 0 Å². The Morgan fingerprint density at radius 1 is 0.370 bits per heavy atom. The molecule has 1 aromatic heterocycles. The van der Waals surface area contributed by atoms with E-state index in [-0.39, 0.29) is 5.41 Å². The molecule has 0 radical (unpaired) electrons. The van der Waals surface area contributed by atoms with Crippen LogP contribution >= 0.6 is 0 Å². The molecule has 2 spiro atoms. The Morgan fingerprint density at radius 3 is 1.48 bits per heavy atom. The summed E-state index contributed by atoms with van der Waals surface area (Å²) in [4.78, 5) is 2.52. The van der Waals surface area contributed by atoms with Gasteiger partial charge in [-0.25, -0.2) is 0 Å². The molecule has 350 valence electrons. The number of nitrogens with zero attached hydrogens (tertiary/aromatic N) is 1. The summed E-state index contributed by atoms with van der Waals surface area (Å²) in [6.07, 6.45) is 6.34. The molecule has 2 saturated carbocycles. The van der Waals surface area contributed by atoms with Crippen LogP contribution in [0.2, 0.25) is 0 Å². The largest absolute Gasteiger partial charge is 0.456 e. The summed E-state index contributed by atoms with van der Waals surface area (Å²) in [7, 11) is 0. The second kappa shape index (κ2) is 16.4. The zero-order valence-electron chi connectivity index (χ0n) is 41.1. The summed E-state index contributed by atoms with van der Waals surface area (Å²) in [6, 6.07) is 89.1. The molecule has 11 aromatic rings. The van der Waals surface area contributed by atoms with Gasteiger partial charge >= 0.3 is 0 Å². The molecule has 0 amide bonds. The Kier molecular flexibility index (Phi) is 9.55. The Hall–Kier alpha value is -8.20. The van der Waals surface area contributed by atoms with Crippen molar-refractivity contribution in [1.82, 2.24) is 0 Å². The van der Waals surface area contributed by atoms with Gasteiger partial charge in [-0.2, -0.15) is 0 Å². The number of para-hydroxylation sites is 1. The van der Waals surface area contributed by atoms with Crippen molar-refractivity contribution in [2.75, 3.05) is 4.90 Å². The van der Waals surface area contributed by atoms with Gasteiger partial charge in [0.1, 0.15) is 11.2 Å². The Morgan fingerprint density at radius 2 is 0.836 bits per heavy atom. The van der Waals surface area contributed by atoms with E-state index < -0.39 is 5.41 Å². The van der Waals surface area contributed by atoms with E-state index in [0.29, 0.717) is 17.8 Å². The number of furan rings is 1. The van der Waals surface area contributed by atoms with Crippen molar-refractivity contribution in [3.05, 3.63) is 270 Å². The summed E-state index contributed by atoms with van der Waals surface area (Å²) in [5.74, 6) is 1.82. The summed E-state index contributed by atoms with van der Waals surface area (Å²) < 4.78 is 6.37. The Labute approximate surface area is 428 Å². The van der Waals surface area contributed by atoms with E-state index >= 15 is 0 Å². The number of benzene rings is 10. The average Bonchev–Trinajstić information content (AvgIpc) is 3.97. The van der Waals surface area contributed by atoms with E-state index in [9.17, 15) is 0 Å². The average molecular weight is 938 g/mol. The monoisotopic (exact) mass is 937 g/mol. The fourth-order valence-corrected chi connectivity index (χ4v) is 15.0. The van der Waals surface area contributed by atoms with Crippen LogP contribution in [0.5, 0.6) is 0 Å². The van der Waals surface area contributed by atoms with Crippen LogP contribution in [0.3, 0.4) is 0 Å². The SMILES string of the molecule is CC1C[C@H]2CCC[C@@H](C1)C21c2ccccc2C2(c3ccccc3-c3ccccc32)c2ccc(N(c3ccc(-c4ccc(-c5ccccc5)cc4)cc3)c3ccc(-c4ccc5c(c4)oc4ccccc45)cc3)cc21. The zero-order valence-corrected chi connectivity index (χ0v) is 41.1. The molecule has 4 aliphatic rings. The van der Waals surface area contributed by atoms with Crippen LogP contribution in [0.25, 0.3) is 66.4 Å². The van der Waals surface area contributed by atoms with Gasteiger partial charge in [-0.15, -0.1) is 0 Å². The molecule has 10 aromatic carbocycles. The maximum Gasteiger partial charge on any atom is 0.136 e. The molecule has 2 nitrogen and oxygen atoms in total. The lowest BCUT2D eigenvalue weighted by molar-refractivity contribution is 0.0495. The van der Waals surface area contributed by atoms with Gasteiger partial charge < -0.3 is 9.32 Å². The second-order valence-electron chi connectivity index (χ2n) is 21.6. The molecule has 2 bridgehead atoms. The van der Waals surface area contributed by atoms with Crippen molar-refractivity contribution in [3.63, 3.8) is 0 Å². The van der Waals surface area contributed by atoms with Crippen molar-refractivity contribution in [1.29, 1.82) is 0 Å². The topological polar surface area (TPSA) is 16.4 Å². The van der Waals surface area contributed by atoms with E-state index in [1.54, 1.807) is 5.56 Å². The quantitative estimate of drug-likeness (QED) is 0.165. The molecule has 15 rings (SSSR count). The summed E-state index contributed by atoms with van der Waals surface area (Å²) >= 11 is 0. The number of rotatable bonds is 6. The van der Waals surface area contributed by atoms with Crippen molar-refractivity contribution in [2.45, 2.75) is 49.9 Å². The van der Waals surface area contributed by atoms with Crippen LogP contribution in [-0.2, 0) is 10.8 Å². The molecule has 2 unspecified atom stereocenters. The zero-order chi connectivity index (χ0) is 48.3. The van der Waals surface area contributed by atoms with Gasteiger partial charge in [-0.3, -0.25) is 0 Å². The maximum atomic E-state index is 6.37. The van der Waals surface area contributed by atoms with Gasteiger partial charge in [-0.05, 0) is 176 Å². The standard InChI is InChI=1S/C71H55NO/c1-46-42-53-16-13-17-54(43-46)70(53)64-23-10-11-24-65(64)71(62-21-8-5-18-58(62)59-19-6-9-22-63(59)71)66-41-39-57(45-67(66)70)72(55-35-30-50(31-36-55)49-28-26-48(27-29-49)47-14-3-2-4-15-47)56-37-32-51(33-38-56)52-34-40-61-60-20-7-12-25-68(60)73-69(61)44-52/h2-12,14-15,18-41,44-46,53-54H,13,16-17,42-43H2,1H3/t46?,53-,54+,70?. The lowest BCUT2D eigenvalue weighted by Crippen LogP contribution is -2.55. The molecule has 2 fully saturated rings. The third-order valence-electron chi connectivity index (χ3n) is 17.9. The van der Waals surface area contributed by atoms with E-state index in [0.717, 1.165) is 44.4 Å². The first-order chi connectivity index (χ1) is 36.1. The molecule has 1 heterocycles. The van der Waals surface area contributed by atoms with Crippen LogP contribution < -0.4 is 4.90 Å². The normalized spacial score (nSPS) is 19.9.